The first-order valence-electron chi connectivity index (χ1n) is 11.2. The van der Waals surface area contributed by atoms with Crippen LogP contribution in [-0.4, -0.2) is 39.1 Å². The van der Waals surface area contributed by atoms with Crippen molar-refractivity contribution in [1.82, 2.24) is 15.1 Å². The molecule has 0 unspecified atom stereocenters. The first-order valence-corrected chi connectivity index (χ1v) is 11.5. The second-order valence-electron chi connectivity index (χ2n) is 7.98. The van der Waals surface area contributed by atoms with Crippen LogP contribution in [0.25, 0.3) is 5.69 Å². The standard InChI is InChI=1S/C27H23ClN4O4/c28-20-11-7-10-19(14-20)22(16-26(34)35)30-27(36)23-15-25(32(31-23)21-12-5-2-6-13-21)29-17-24(33)18-8-3-1-4-9-18/h1-15,22,29H,16-17H2,(H,30,36)(H,34,35)/t22-/m0/s1. The van der Waals surface area contributed by atoms with E-state index in [2.05, 4.69) is 15.7 Å². The molecule has 1 amide bonds. The molecule has 0 fully saturated rings. The summed E-state index contributed by atoms with van der Waals surface area (Å²) in [6.45, 7) is -0.00620. The maximum atomic E-state index is 13.1. The van der Waals surface area contributed by atoms with Crippen LogP contribution in [0.2, 0.25) is 5.02 Å². The predicted octanol–water partition coefficient (Wildman–Crippen LogP) is 4.77. The van der Waals surface area contributed by atoms with Gasteiger partial charge in [-0.1, -0.05) is 72.3 Å². The summed E-state index contributed by atoms with van der Waals surface area (Å²) in [5.74, 6) is -1.32. The molecule has 4 aromatic rings. The molecule has 1 atom stereocenters. The average molecular weight is 503 g/mol. The molecule has 1 aromatic heterocycles. The Labute approximate surface area is 212 Å². The molecular weight excluding hydrogens is 480 g/mol. The molecule has 0 aliphatic heterocycles. The number of hydrogen-bond acceptors (Lipinski definition) is 5. The van der Waals surface area contributed by atoms with Gasteiger partial charge in [-0.05, 0) is 29.8 Å². The number of nitrogens with zero attached hydrogens (tertiary/aromatic N) is 2. The molecule has 0 aliphatic carbocycles. The number of aliphatic carboxylic acids is 1. The lowest BCUT2D eigenvalue weighted by Gasteiger charge is -2.17. The Kier molecular flexibility index (Phi) is 7.77. The number of anilines is 1. The van der Waals surface area contributed by atoms with Gasteiger partial charge in [-0.25, -0.2) is 4.68 Å². The predicted molar refractivity (Wildman–Crippen MR) is 137 cm³/mol. The number of carboxylic acid groups (broad SMARTS) is 1. The summed E-state index contributed by atoms with van der Waals surface area (Å²) >= 11 is 6.06. The van der Waals surface area contributed by atoms with Crippen molar-refractivity contribution >= 4 is 35.1 Å². The van der Waals surface area contributed by atoms with Crippen molar-refractivity contribution in [2.45, 2.75) is 12.5 Å². The number of amides is 1. The number of carbonyl (C=O) groups excluding carboxylic acids is 2. The SMILES string of the molecule is O=C(O)C[C@H](NC(=O)c1cc(NCC(=O)c2ccccc2)n(-c2ccccc2)n1)c1cccc(Cl)c1. The highest BCUT2D eigenvalue weighted by Gasteiger charge is 2.22. The molecule has 0 aliphatic rings. The zero-order valence-electron chi connectivity index (χ0n) is 19.1. The minimum atomic E-state index is -1.07. The van der Waals surface area contributed by atoms with Crippen LogP contribution >= 0.6 is 11.6 Å². The van der Waals surface area contributed by atoms with Crippen molar-refractivity contribution in [3.8, 4) is 5.69 Å². The molecule has 0 saturated heterocycles. The number of rotatable bonds is 10. The maximum Gasteiger partial charge on any atom is 0.305 e. The zero-order chi connectivity index (χ0) is 25.5. The van der Waals surface area contributed by atoms with E-state index in [1.165, 1.54) is 10.7 Å². The molecule has 182 valence electrons. The van der Waals surface area contributed by atoms with Gasteiger partial charge in [0.15, 0.2) is 11.5 Å². The first-order chi connectivity index (χ1) is 17.4. The van der Waals surface area contributed by atoms with Crippen molar-refractivity contribution in [1.29, 1.82) is 0 Å². The molecule has 0 spiro atoms. The van der Waals surface area contributed by atoms with E-state index in [4.69, 9.17) is 11.6 Å². The molecule has 1 heterocycles. The largest absolute Gasteiger partial charge is 0.481 e. The van der Waals surface area contributed by atoms with E-state index in [1.807, 2.05) is 36.4 Å². The van der Waals surface area contributed by atoms with Gasteiger partial charge in [-0.2, -0.15) is 5.10 Å². The number of halogens is 1. The molecule has 3 N–H and O–H groups in total. The molecule has 8 nitrogen and oxygen atoms in total. The summed E-state index contributed by atoms with van der Waals surface area (Å²) < 4.78 is 1.53. The zero-order valence-corrected chi connectivity index (χ0v) is 19.9. The van der Waals surface area contributed by atoms with Crippen LogP contribution in [0.5, 0.6) is 0 Å². The third-order valence-electron chi connectivity index (χ3n) is 5.40. The van der Waals surface area contributed by atoms with Gasteiger partial charge in [0.25, 0.3) is 5.91 Å². The second-order valence-corrected chi connectivity index (χ2v) is 8.42. The van der Waals surface area contributed by atoms with Crippen LogP contribution in [0.3, 0.4) is 0 Å². The van der Waals surface area contributed by atoms with E-state index in [0.717, 1.165) is 0 Å². The van der Waals surface area contributed by atoms with Gasteiger partial charge in [0.05, 0.1) is 24.7 Å². The van der Waals surface area contributed by atoms with E-state index in [0.29, 0.717) is 27.7 Å². The fourth-order valence-electron chi connectivity index (χ4n) is 3.66. The number of Topliss-reactive ketones (excluding diaryl/α,β-unsaturated/α-hetero) is 1. The Morgan fingerprint density at radius 3 is 2.28 bits per heavy atom. The number of para-hydroxylation sites is 1. The Morgan fingerprint density at radius 2 is 1.61 bits per heavy atom. The van der Waals surface area contributed by atoms with Crippen molar-refractivity contribution in [3.05, 3.63) is 113 Å². The molecule has 0 bridgehead atoms. The summed E-state index contributed by atoms with van der Waals surface area (Å²) in [5, 5.41) is 20.0. The summed E-state index contributed by atoms with van der Waals surface area (Å²) in [6, 6.07) is 25.4. The van der Waals surface area contributed by atoms with Gasteiger partial charge in [0.1, 0.15) is 5.82 Å². The molecular formula is C27H23ClN4O4. The van der Waals surface area contributed by atoms with Crippen LogP contribution in [0.1, 0.15) is 38.9 Å². The summed E-state index contributed by atoms with van der Waals surface area (Å²) in [7, 11) is 0. The maximum absolute atomic E-state index is 13.1. The number of benzene rings is 3. The number of aromatic nitrogens is 2. The van der Waals surface area contributed by atoms with Crippen molar-refractivity contribution in [2.75, 3.05) is 11.9 Å². The summed E-state index contributed by atoms with van der Waals surface area (Å²) in [4.78, 5) is 37.2. The van der Waals surface area contributed by atoms with E-state index in [-0.39, 0.29) is 24.4 Å². The smallest absolute Gasteiger partial charge is 0.305 e. The topological polar surface area (TPSA) is 113 Å². The second kappa shape index (κ2) is 11.3. The summed E-state index contributed by atoms with van der Waals surface area (Å²) in [6.07, 6.45) is -0.331. The number of ketones is 1. The van der Waals surface area contributed by atoms with Gasteiger partial charge >= 0.3 is 5.97 Å². The fraction of sp³-hybridized carbons (Fsp3) is 0.111. The van der Waals surface area contributed by atoms with Crippen molar-refractivity contribution in [3.63, 3.8) is 0 Å². The molecule has 36 heavy (non-hydrogen) atoms. The third kappa shape index (κ3) is 6.17. The van der Waals surface area contributed by atoms with Crippen LogP contribution in [0, 0.1) is 0 Å². The first kappa shape index (κ1) is 24.7. The van der Waals surface area contributed by atoms with Gasteiger partial charge in [-0.3, -0.25) is 14.4 Å². The lowest BCUT2D eigenvalue weighted by atomic mass is 10.0. The molecule has 9 heteroatoms. The quantitative estimate of drug-likeness (QED) is 0.269. The number of hydrogen-bond donors (Lipinski definition) is 3. The Balaban J connectivity index is 1.59. The van der Waals surface area contributed by atoms with Gasteiger partial charge in [0.2, 0.25) is 0 Å². The number of carbonyl (C=O) groups is 3. The van der Waals surface area contributed by atoms with Gasteiger partial charge < -0.3 is 15.7 Å². The van der Waals surface area contributed by atoms with Crippen molar-refractivity contribution in [2.24, 2.45) is 0 Å². The number of carboxylic acids is 1. The fourth-order valence-corrected chi connectivity index (χ4v) is 3.86. The minimum absolute atomic E-state index is 0.00620. The van der Waals surface area contributed by atoms with Crippen LogP contribution < -0.4 is 10.6 Å². The average Bonchev–Trinajstić information content (AvgIpc) is 3.32. The minimum Gasteiger partial charge on any atom is -0.481 e. The van der Waals surface area contributed by atoms with E-state index < -0.39 is 17.9 Å². The lowest BCUT2D eigenvalue weighted by molar-refractivity contribution is -0.137. The third-order valence-corrected chi connectivity index (χ3v) is 5.64. The molecule has 0 radical (unpaired) electrons. The Bertz CT molecular complexity index is 1370. The Morgan fingerprint density at radius 1 is 0.917 bits per heavy atom. The number of nitrogens with one attached hydrogen (secondary N) is 2. The van der Waals surface area contributed by atoms with Gasteiger partial charge in [-0.15, -0.1) is 0 Å². The van der Waals surface area contributed by atoms with Crippen molar-refractivity contribution < 1.29 is 19.5 Å². The van der Waals surface area contributed by atoms with Crippen LogP contribution in [0.15, 0.2) is 91.0 Å². The highest BCUT2D eigenvalue weighted by molar-refractivity contribution is 6.30. The highest BCUT2D eigenvalue weighted by atomic mass is 35.5. The van der Waals surface area contributed by atoms with E-state index in [9.17, 15) is 19.5 Å². The molecule has 0 saturated carbocycles. The van der Waals surface area contributed by atoms with Crippen LogP contribution in [-0.2, 0) is 4.79 Å². The molecule has 4 rings (SSSR count). The molecule has 3 aromatic carbocycles. The highest BCUT2D eigenvalue weighted by Crippen LogP contribution is 2.23. The van der Waals surface area contributed by atoms with E-state index in [1.54, 1.807) is 48.5 Å². The monoisotopic (exact) mass is 502 g/mol. The van der Waals surface area contributed by atoms with Gasteiger partial charge in [0, 0.05) is 16.7 Å². The normalized spacial score (nSPS) is 11.5. The Hall–Kier alpha value is -4.43. The van der Waals surface area contributed by atoms with Crippen LogP contribution in [0.4, 0.5) is 5.82 Å². The summed E-state index contributed by atoms with van der Waals surface area (Å²) in [5.41, 5.74) is 1.87. The van der Waals surface area contributed by atoms with E-state index >= 15 is 0 Å². The lowest BCUT2D eigenvalue weighted by Crippen LogP contribution is -2.30.